The maximum absolute atomic E-state index is 11.9. The molecule has 0 spiro atoms. The molecule has 8 heteroatoms. The van der Waals surface area contributed by atoms with Crippen molar-refractivity contribution in [3.05, 3.63) is 52.0 Å². The number of hydrogen-bond acceptors (Lipinski definition) is 5. The van der Waals surface area contributed by atoms with Crippen LogP contribution in [0.2, 0.25) is 5.02 Å². The van der Waals surface area contributed by atoms with Gasteiger partial charge in [-0.05, 0) is 43.3 Å². The van der Waals surface area contributed by atoms with Crippen molar-refractivity contribution >= 4 is 44.8 Å². The van der Waals surface area contributed by atoms with Crippen molar-refractivity contribution in [3.8, 4) is 0 Å². The van der Waals surface area contributed by atoms with Crippen molar-refractivity contribution in [2.45, 2.75) is 11.8 Å². The van der Waals surface area contributed by atoms with Gasteiger partial charge in [0.15, 0.2) is 5.78 Å². The van der Waals surface area contributed by atoms with Crippen LogP contribution in [0, 0.1) is 0 Å². The van der Waals surface area contributed by atoms with E-state index in [-0.39, 0.29) is 21.4 Å². The third-order valence-electron chi connectivity index (χ3n) is 2.56. The van der Waals surface area contributed by atoms with Crippen LogP contribution in [0.15, 0.2) is 57.1 Å². The summed E-state index contributed by atoms with van der Waals surface area (Å²) in [6, 6.07) is 5.44. The van der Waals surface area contributed by atoms with Crippen LogP contribution in [0.1, 0.15) is 6.92 Å². The number of oxime groups is 1. The molecule has 0 aromatic heterocycles. The molecular weight excluding hydrogens is 337 g/mol. The Labute approximate surface area is 131 Å². The van der Waals surface area contributed by atoms with Crippen molar-refractivity contribution in [1.29, 1.82) is 0 Å². The van der Waals surface area contributed by atoms with Gasteiger partial charge in [-0.15, -0.1) is 0 Å². The second-order valence-corrected chi connectivity index (χ2v) is 6.52. The molecule has 0 radical (unpaired) electrons. The Hall–Kier alpha value is -1.63. The Bertz CT molecular complexity index is 753. The molecule has 0 fully saturated rings. The fraction of sp³-hybridized carbons (Fsp3) is 0.0769. The quantitative estimate of drug-likeness (QED) is 0.623. The topological polar surface area (TPSA) is 72.8 Å². The number of hydrogen-bond donors (Lipinski definition) is 0. The Kier molecular flexibility index (Phi) is 4.51. The van der Waals surface area contributed by atoms with E-state index < -0.39 is 10.1 Å². The minimum atomic E-state index is -4.06. The van der Waals surface area contributed by atoms with Crippen LogP contribution in [-0.4, -0.2) is 19.9 Å². The van der Waals surface area contributed by atoms with Crippen molar-refractivity contribution in [2.24, 2.45) is 5.16 Å². The van der Waals surface area contributed by atoms with E-state index in [2.05, 4.69) is 9.44 Å². The Morgan fingerprint density at radius 2 is 1.71 bits per heavy atom. The molecule has 0 bridgehead atoms. The molecule has 0 N–H and O–H groups in total. The van der Waals surface area contributed by atoms with Gasteiger partial charge in [0.05, 0.1) is 5.03 Å². The number of ketones is 1. The predicted octanol–water partition coefficient (Wildman–Crippen LogP) is 3.05. The molecule has 1 aliphatic carbocycles. The third-order valence-corrected chi connectivity index (χ3v) is 4.21. The molecule has 0 heterocycles. The second kappa shape index (κ2) is 6.01. The molecule has 0 atom stereocenters. The summed E-state index contributed by atoms with van der Waals surface area (Å²) >= 11 is 11.4. The van der Waals surface area contributed by atoms with E-state index in [1.807, 2.05) is 0 Å². The SMILES string of the molecule is CC1=C/C(=N\OS(=O)(=O)c2ccc(Cl)cc2)C=C(Cl)C1=O. The van der Waals surface area contributed by atoms with E-state index in [4.69, 9.17) is 23.2 Å². The highest BCUT2D eigenvalue weighted by Crippen LogP contribution is 2.19. The van der Waals surface area contributed by atoms with Gasteiger partial charge in [-0.2, -0.15) is 8.42 Å². The minimum Gasteiger partial charge on any atom is -0.288 e. The molecule has 0 saturated heterocycles. The first-order chi connectivity index (χ1) is 9.79. The molecule has 0 unspecified atom stereocenters. The van der Waals surface area contributed by atoms with Crippen LogP contribution < -0.4 is 0 Å². The molecule has 0 saturated carbocycles. The molecule has 0 aliphatic heterocycles. The van der Waals surface area contributed by atoms with Crippen LogP contribution in [0.5, 0.6) is 0 Å². The van der Waals surface area contributed by atoms with Crippen LogP contribution in [-0.2, 0) is 19.2 Å². The van der Waals surface area contributed by atoms with E-state index in [1.54, 1.807) is 6.92 Å². The summed E-state index contributed by atoms with van der Waals surface area (Å²) in [6.07, 6.45) is 2.61. The van der Waals surface area contributed by atoms with Crippen molar-refractivity contribution in [3.63, 3.8) is 0 Å². The Balaban J connectivity index is 2.24. The number of benzene rings is 1. The summed E-state index contributed by atoms with van der Waals surface area (Å²) in [5, 5.41) is 3.84. The number of nitrogens with zero attached hydrogens (tertiary/aromatic N) is 1. The lowest BCUT2D eigenvalue weighted by atomic mass is 10.1. The highest BCUT2D eigenvalue weighted by molar-refractivity contribution is 7.86. The molecule has 1 aliphatic rings. The van der Waals surface area contributed by atoms with Crippen LogP contribution >= 0.6 is 23.2 Å². The van der Waals surface area contributed by atoms with Gasteiger partial charge in [0.25, 0.3) is 0 Å². The average Bonchev–Trinajstić information content (AvgIpc) is 2.43. The Morgan fingerprint density at radius 3 is 2.29 bits per heavy atom. The summed E-state index contributed by atoms with van der Waals surface area (Å²) in [6.45, 7) is 1.54. The minimum absolute atomic E-state index is 0.0544. The zero-order valence-corrected chi connectivity index (χ0v) is 13.0. The number of Topliss-reactive ketones (excluding diaryl/α,β-unsaturated/α-hetero) is 1. The van der Waals surface area contributed by atoms with Gasteiger partial charge >= 0.3 is 10.1 Å². The molecule has 0 amide bonds. The van der Waals surface area contributed by atoms with Gasteiger partial charge < -0.3 is 0 Å². The molecule has 21 heavy (non-hydrogen) atoms. The lowest BCUT2D eigenvalue weighted by molar-refractivity contribution is -0.111. The van der Waals surface area contributed by atoms with Gasteiger partial charge in [-0.1, -0.05) is 28.4 Å². The van der Waals surface area contributed by atoms with E-state index in [0.29, 0.717) is 10.6 Å². The maximum Gasteiger partial charge on any atom is 0.358 e. The Morgan fingerprint density at radius 1 is 1.10 bits per heavy atom. The monoisotopic (exact) mass is 345 g/mol. The van der Waals surface area contributed by atoms with Gasteiger partial charge in [-0.3, -0.25) is 9.08 Å². The van der Waals surface area contributed by atoms with Crippen LogP contribution in [0.25, 0.3) is 0 Å². The van der Waals surface area contributed by atoms with Gasteiger partial charge in [0.1, 0.15) is 10.6 Å². The third kappa shape index (κ3) is 3.72. The van der Waals surface area contributed by atoms with Gasteiger partial charge in [-0.25, -0.2) is 0 Å². The van der Waals surface area contributed by atoms with Gasteiger partial charge in [0, 0.05) is 10.6 Å². The van der Waals surface area contributed by atoms with E-state index in [0.717, 1.165) is 0 Å². The van der Waals surface area contributed by atoms with Crippen LogP contribution in [0.3, 0.4) is 0 Å². The number of halogens is 2. The van der Waals surface area contributed by atoms with Crippen molar-refractivity contribution < 1.29 is 17.5 Å². The number of carbonyl (C=O) groups is 1. The summed E-state index contributed by atoms with van der Waals surface area (Å²) in [7, 11) is -4.06. The molecule has 1 aromatic rings. The van der Waals surface area contributed by atoms with Crippen molar-refractivity contribution in [1.82, 2.24) is 0 Å². The van der Waals surface area contributed by atoms with Gasteiger partial charge in [0.2, 0.25) is 0 Å². The lowest BCUT2D eigenvalue weighted by Crippen LogP contribution is -2.11. The fourth-order valence-electron chi connectivity index (χ4n) is 1.50. The summed E-state index contributed by atoms with van der Waals surface area (Å²) in [4.78, 5) is 11.3. The fourth-order valence-corrected chi connectivity index (χ4v) is 2.63. The number of carbonyl (C=O) groups excluding carboxylic acids is 1. The second-order valence-electron chi connectivity index (χ2n) is 4.15. The lowest BCUT2D eigenvalue weighted by Gasteiger charge is -2.07. The predicted molar refractivity (Wildman–Crippen MR) is 79.9 cm³/mol. The summed E-state index contributed by atoms with van der Waals surface area (Å²) in [5.41, 5.74) is 0.475. The van der Waals surface area contributed by atoms with E-state index >= 15 is 0 Å². The zero-order chi connectivity index (χ0) is 15.6. The highest BCUT2D eigenvalue weighted by atomic mass is 35.5. The number of allylic oxidation sites excluding steroid dienone is 4. The summed E-state index contributed by atoms with van der Waals surface area (Å²) in [5.74, 6) is -0.337. The molecule has 5 nitrogen and oxygen atoms in total. The first kappa shape index (κ1) is 15.8. The largest absolute Gasteiger partial charge is 0.358 e. The maximum atomic E-state index is 11.9. The molecule has 2 rings (SSSR count). The van der Waals surface area contributed by atoms with E-state index in [9.17, 15) is 13.2 Å². The van der Waals surface area contributed by atoms with Crippen LogP contribution in [0.4, 0.5) is 0 Å². The number of rotatable bonds is 3. The normalized spacial score (nSPS) is 17.5. The summed E-state index contributed by atoms with van der Waals surface area (Å²) < 4.78 is 28.4. The standard InChI is InChI=1S/C13H9Cl2NO4S/c1-8-6-10(7-12(15)13(8)17)16-20-21(18,19)11-4-2-9(14)3-5-11/h2-7H,1H3/b16-10+. The first-order valence-corrected chi connectivity index (χ1v) is 7.83. The molecular formula is C13H9Cl2NO4S. The smallest absolute Gasteiger partial charge is 0.288 e. The zero-order valence-electron chi connectivity index (χ0n) is 10.7. The molecule has 110 valence electrons. The first-order valence-electron chi connectivity index (χ1n) is 5.67. The average molecular weight is 346 g/mol. The highest BCUT2D eigenvalue weighted by Gasteiger charge is 2.18. The van der Waals surface area contributed by atoms with E-state index in [1.165, 1.54) is 36.4 Å². The van der Waals surface area contributed by atoms with Crippen molar-refractivity contribution in [2.75, 3.05) is 0 Å². The molecule has 1 aromatic carbocycles.